The predicted molar refractivity (Wildman–Crippen MR) is 49.7 cm³/mol. The molecule has 0 spiro atoms. The highest BCUT2D eigenvalue weighted by molar-refractivity contribution is 5.65. The molecule has 0 aromatic heterocycles. The van der Waals surface area contributed by atoms with Crippen LogP contribution in [0.5, 0.6) is 0 Å². The van der Waals surface area contributed by atoms with Crippen molar-refractivity contribution >= 4 is 6.09 Å². The number of carboxylic acid groups (broad SMARTS) is 1. The van der Waals surface area contributed by atoms with Crippen LogP contribution in [0.4, 0.5) is 4.79 Å². The molecule has 1 rings (SSSR count). The molecule has 2 atom stereocenters. The fourth-order valence-electron chi connectivity index (χ4n) is 1.67. The summed E-state index contributed by atoms with van der Waals surface area (Å²) in [4.78, 5) is 14.1. The van der Waals surface area contributed by atoms with Gasteiger partial charge in [0.1, 0.15) is 0 Å². The number of rotatable bonds is 1. The molecule has 1 amide bonds. The zero-order valence-electron chi connectivity index (χ0n) is 8.10. The smallest absolute Gasteiger partial charge is 0.407 e. The average molecular weight is 187 g/mol. The molecule has 0 unspecified atom stereocenters. The Morgan fingerprint density at radius 1 is 1.62 bits per heavy atom. The molecule has 0 radical (unpaired) electrons. The summed E-state index contributed by atoms with van der Waals surface area (Å²) in [7, 11) is 3.85. The van der Waals surface area contributed by atoms with E-state index in [1.165, 1.54) is 4.90 Å². The van der Waals surface area contributed by atoms with Gasteiger partial charge in [0.25, 0.3) is 0 Å². The third-order valence-electron chi connectivity index (χ3n) is 2.57. The zero-order valence-corrected chi connectivity index (χ0v) is 8.10. The van der Waals surface area contributed by atoms with Gasteiger partial charge < -0.3 is 20.6 Å². The lowest BCUT2D eigenvalue weighted by Gasteiger charge is -2.38. The van der Waals surface area contributed by atoms with E-state index in [4.69, 9.17) is 10.8 Å². The molecule has 5 heteroatoms. The molecule has 76 valence electrons. The molecule has 3 N–H and O–H groups in total. The molecule has 1 aliphatic heterocycles. The summed E-state index contributed by atoms with van der Waals surface area (Å²) in [6, 6.07) is 0.232. The first kappa shape index (κ1) is 10.3. The standard InChI is InChI=1S/C8H17N3O2/c1-10(2)7-5-11(8(12)13)4-3-6(7)9/h6-7H,3-5,9H2,1-2H3,(H,12,13)/t6-,7+/m1/s1. The molecule has 13 heavy (non-hydrogen) atoms. The Morgan fingerprint density at radius 2 is 2.23 bits per heavy atom. The van der Waals surface area contributed by atoms with Gasteiger partial charge in [0.05, 0.1) is 0 Å². The second kappa shape index (κ2) is 3.93. The SMILES string of the molecule is CN(C)[C@H]1CN(C(=O)O)CC[C@H]1N. The summed E-state index contributed by atoms with van der Waals surface area (Å²) in [5, 5.41) is 8.79. The lowest BCUT2D eigenvalue weighted by Crippen LogP contribution is -2.57. The topological polar surface area (TPSA) is 69.8 Å². The van der Waals surface area contributed by atoms with E-state index in [1.807, 2.05) is 19.0 Å². The summed E-state index contributed by atoms with van der Waals surface area (Å²) >= 11 is 0. The summed E-state index contributed by atoms with van der Waals surface area (Å²) in [5.74, 6) is 0. The van der Waals surface area contributed by atoms with Gasteiger partial charge in [0.2, 0.25) is 0 Å². The van der Waals surface area contributed by atoms with E-state index >= 15 is 0 Å². The van der Waals surface area contributed by atoms with Crippen LogP contribution in [-0.2, 0) is 0 Å². The van der Waals surface area contributed by atoms with Crippen LogP contribution in [0.25, 0.3) is 0 Å². The largest absolute Gasteiger partial charge is 0.465 e. The Hall–Kier alpha value is -0.810. The normalized spacial score (nSPS) is 29.4. The van der Waals surface area contributed by atoms with Gasteiger partial charge in [-0.25, -0.2) is 4.79 Å². The van der Waals surface area contributed by atoms with Crippen LogP contribution in [0.2, 0.25) is 0 Å². The van der Waals surface area contributed by atoms with Crippen LogP contribution in [0.15, 0.2) is 0 Å². The number of likely N-dealkylation sites (N-methyl/N-ethyl adjacent to an activating group) is 1. The number of hydrogen-bond acceptors (Lipinski definition) is 3. The molecule has 0 saturated carbocycles. The van der Waals surface area contributed by atoms with Crippen molar-refractivity contribution in [2.75, 3.05) is 27.2 Å². The first-order chi connectivity index (χ1) is 6.02. The van der Waals surface area contributed by atoms with Gasteiger partial charge in [-0.05, 0) is 20.5 Å². The summed E-state index contributed by atoms with van der Waals surface area (Å²) in [6.45, 7) is 1.07. The minimum atomic E-state index is -0.848. The Balaban J connectivity index is 2.58. The van der Waals surface area contributed by atoms with Gasteiger partial charge >= 0.3 is 6.09 Å². The van der Waals surface area contributed by atoms with E-state index in [1.54, 1.807) is 0 Å². The maximum atomic E-state index is 10.7. The number of amides is 1. The van der Waals surface area contributed by atoms with Crippen molar-refractivity contribution in [2.45, 2.75) is 18.5 Å². The molecule has 1 fully saturated rings. The highest BCUT2D eigenvalue weighted by atomic mass is 16.4. The second-order valence-electron chi connectivity index (χ2n) is 3.71. The van der Waals surface area contributed by atoms with E-state index in [-0.39, 0.29) is 12.1 Å². The van der Waals surface area contributed by atoms with Crippen molar-refractivity contribution < 1.29 is 9.90 Å². The highest BCUT2D eigenvalue weighted by Crippen LogP contribution is 2.12. The lowest BCUT2D eigenvalue weighted by molar-refractivity contribution is 0.0961. The minimum absolute atomic E-state index is 0.0885. The molecule has 0 bridgehead atoms. The van der Waals surface area contributed by atoms with Crippen molar-refractivity contribution in [1.29, 1.82) is 0 Å². The van der Waals surface area contributed by atoms with E-state index in [0.717, 1.165) is 6.42 Å². The number of hydrogen-bond donors (Lipinski definition) is 2. The highest BCUT2D eigenvalue weighted by Gasteiger charge is 2.30. The van der Waals surface area contributed by atoms with Gasteiger partial charge in [-0.2, -0.15) is 0 Å². The summed E-state index contributed by atoms with van der Waals surface area (Å²) < 4.78 is 0. The van der Waals surface area contributed by atoms with Crippen molar-refractivity contribution in [3.05, 3.63) is 0 Å². The maximum absolute atomic E-state index is 10.7. The Bertz CT molecular complexity index is 196. The maximum Gasteiger partial charge on any atom is 0.407 e. The average Bonchev–Trinajstić information content (AvgIpc) is 2.04. The Morgan fingerprint density at radius 3 is 2.69 bits per heavy atom. The summed E-state index contributed by atoms with van der Waals surface area (Å²) in [6.07, 6.45) is -0.103. The first-order valence-corrected chi connectivity index (χ1v) is 4.42. The molecule has 0 aliphatic carbocycles. The number of nitrogens with zero attached hydrogens (tertiary/aromatic N) is 2. The van der Waals surface area contributed by atoms with Crippen LogP contribution in [0, 0.1) is 0 Å². The van der Waals surface area contributed by atoms with Crippen molar-refractivity contribution in [3.63, 3.8) is 0 Å². The van der Waals surface area contributed by atoms with E-state index in [0.29, 0.717) is 13.1 Å². The minimum Gasteiger partial charge on any atom is -0.465 e. The van der Waals surface area contributed by atoms with E-state index in [2.05, 4.69) is 0 Å². The number of piperidine rings is 1. The van der Waals surface area contributed by atoms with Crippen LogP contribution in [-0.4, -0.2) is 60.3 Å². The molecule has 1 saturated heterocycles. The molecular weight excluding hydrogens is 170 g/mol. The van der Waals surface area contributed by atoms with Crippen molar-refractivity contribution in [1.82, 2.24) is 9.80 Å². The Labute approximate surface area is 78.1 Å². The molecule has 5 nitrogen and oxygen atoms in total. The summed E-state index contributed by atoms with van der Waals surface area (Å²) in [5.41, 5.74) is 5.88. The molecule has 1 heterocycles. The quantitative estimate of drug-likeness (QED) is 0.587. The molecule has 1 aliphatic rings. The van der Waals surface area contributed by atoms with Gasteiger partial charge in [0, 0.05) is 25.2 Å². The third-order valence-corrected chi connectivity index (χ3v) is 2.57. The van der Waals surface area contributed by atoms with Crippen LogP contribution in [0.3, 0.4) is 0 Å². The number of nitrogens with two attached hydrogens (primary N) is 1. The van der Waals surface area contributed by atoms with Gasteiger partial charge in [-0.15, -0.1) is 0 Å². The predicted octanol–water partition coefficient (Wildman–Crippen LogP) is -0.372. The Kier molecular flexibility index (Phi) is 3.11. The molecule has 0 aromatic rings. The van der Waals surface area contributed by atoms with Crippen LogP contribution >= 0.6 is 0 Å². The van der Waals surface area contributed by atoms with Crippen molar-refractivity contribution in [2.24, 2.45) is 5.73 Å². The van der Waals surface area contributed by atoms with Crippen LogP contribution in [0.1, 0.15) is 6.42 Å². The molecule has 0 aromatic carbocycles. The molecular formula is C8H17N3O2. The lowest BCUT2D eigenvalue weighted by atomic mass is 10.00. The third kappa shape index (κ3) is 2.32. The van der Waals surface area contributed by atoms with Gasteiger partial charge in [0.15, 0.2) is 0 Å². The monoisotopic (exact) mass is 187 g/mol. The van der Waals surface area contributed by atoms with Gasteiger partial charge in [-0.3, -0.25) is 0 Å². The van der Waals surface area contributed by atoms with Gasteiger partial charge in [-0.1, -0.05) is 0 Å². The fraction of sp³-hybridized carbons (Fsp3) is 0.875. The van der Waals surface area contributed by atoms with Crippen molar-refractivity contribution in [3.8, 4) is 0 Å². The van der Waals surface area contributed by atoms with Crippen LogP contribution < -0.4 is 5.73 Å². The number of carbonyl (C=O) groups is 1. The van der Waals surface area contributed by atoms with E-state index < -0.39 is 6.09 Å². The fourth-order valence-corrected chi connectivity index (χ4v) is 1.67. The zero-order chi connectivity index (χ0) is 10.0. The van der Waals surface area contributed by atoms with E-state index in [9.17, 15) is 4.79 Å². The second-order valence-corrected chi connectivity index (χ2v) is 3.71. The first-order valence-electron chi connectivity index (χ1n) is 4.42. The number of likely N-dealkylation sites (tertiary alicyclic amines) is 1.